The Labute approximate surface area is 248 Å². The standard InChI is InChI=1S/C34H44N4O4/c1-7-21-17(3)25-13-26-19(5)23(9-11-33(39)40)31(37-26)16-32-24(10-12-34(41)42)20(6)28(38-32)15-30-22(8-2)18(4)27(36-30)14-29(21)35-25/h7-8,26-27,30-31,35-38H,1-2,9-16H2,3-6H3,(H,39,40)(H,41,42). The third-order valence-corrected chi connectivity index (χ3v) is 9.92. The number of hydrogen-bond donors (Lipinski definition) is 6. The van der Waals surface area contributed by atoms with Crippen LogP contribution < -0.4 is 10.6 Å². The Balaban J connectivity index is 1.62. The molecule has 0 spiro atoms. The molecule has 3 aliphatic heterocycles. The molecule has 224 valence electrons. The first-order valence-corrected chi connectivity index (χ1v) is 15.0. The fourth-order valence-electron chi connectivity index (χ4n) is 7.49. The quantitative estimate of drug-likeness (QED) is 0.250. The number of aromatic amines is 2. The molecule has 8 heteroatoms. The van der Waals surface area contributed by atoms with Crippen molar-refractivity contribution in [3.8, 4) is 0 Å². The molecule has 0 aromatic carbocycles. The molecular formula is C34H44N4O4. The van der Waals surface area contributed by atoms with Crippen molar-refractivity contribution in [2.75, 3.05) is 0 Å². The Morgan fingerprint density at radius 3 is 1.93 bits per heavy atom. The van der Waals surface area contributed by atoms with Gasteiger partial charge in [-0.3, -0.25) is 9.59 Å². The molecule has 5 heterocycles. The molecule has 8 bridgehead atoms. The number of nitrogens with one attached hydrogen (secondary N) is 4. The minimum absolute atomic E-state index is 0.0368. The van der Waals surface area contributed by atoms with E-state index in [1.54, 1.807) is 0 Å². The Kier molecular flexibility index (Phi) is 8.49. The van der Waals surface area contributed by atoms with E-state index in [4.69, 9.17) is 0 Å². The van der Waals surface area contributed by atoms with Gasteiger partial charge in [0.15, 0.2) is 0 Å². The van der Waals surface area contributed by atoms with E-state index >= 15 is 0 Å². The van der Waals surface area contributed by atoms with Crippen LogP contribution in [0.5, 0.6) is 0 Å². The summed E-state index contributed by atoms with van der Waals surface area (Å²) in [4.78, 5) is 30.6. The number of fused-ring (bicyclic) bond motifs is 8. The third-order valence-electron chi connectivity index (χ3n) is 9.92. The molecule has 2 aromatic rings. The lowest BCUT2D eigenvalue weighted by molar-refractivity contribution is -0.138. The maximum atomic E-state index is 11.6. The van der Waals surface area contributed by atoms with E-state index < -0.39 is 11.9 Å². The molecular weight excluding hydrogens is 528 g/mol. The molecule has 42 heavy (non-hydrogen) atoms. The summed E-state index contributed by atoms with van der Waals surface area (Å²) in [5.74, 6) is -1.62. The number of rotatable bonds is 8. The number of carbonyl (C=O) groups is 2. The van der Waals surface area contributed by atoms with Crippen molar-refractivity contribution in [2.45, 2.75) is 103 Å². The maximum Gasteiger partial charge on any atom is 0.303 e. The van der Waals surface area contributed by atoms with Crippen LogP contribution in [0.25, 0.3) is 6.08 Å². The van der Waals surface area contributed by atoms with Crippen molar-refractivity contribution in [2.24, 2.45) is 0 Å². The van der Waals surface area contributed by atoms with Gasteiger partial charge in [0.25, 0.3) is 0 Å². The lowest BCUT2D eigenvalue weighted by Gasteiger charge is -2.19. The van der Waals surface area contributed by atoms with Crippen LogP contribution in [-0.2, 0) is 41.7 Å². The smallest absolute Gasteiger partial charge is 0.303 e. The molecule has 0 fully saturated rings. The molecule has 4 atom stereocenters. The van der Waals surface area contributed by atoms with Crippen LogP contribution in [-0.4, -0.2) is 56.3 Å². The normalized spacial score (nSPS) is 23.9. The van der Waals surface area contributed by atoms with Gasteiger partial charge in [-0.25, -0.2) is 0 Å². The largest absolute Gasteiger partial charge is 0.481 e. The zero-order chi connectivity index (χ0) is 30.3. The molecule has 0 saturated heterocycles. The SMILES string of the molecule is C=CC1=C(C)C2Cc3[nH]c(c(C)c3C=C)CC3NC(Cc4[nH]c(c(C)c4CCC(=O)O)CC1N2)C(CCC(=O)O)=C3C. The van der Waals surface area contributed by atoms with E-state index in [1.165, 1.54) is 33.7 Å². The van der Waals surface area contributed by atoms with Crippen LogP contribution in [0.2, 0.25) is 0 Å². The lowest BCUT2D eigenvalue weighted by Crippen LogP contribution is -2.36. The van der Waals surface area contributed by atoms with Crippen molar-refractivity contribution in [3.05, 3.63) is 86.6 Å². The van der Waals surface area contributed by atoms with Gasteiger partial charge in [-0.2, -0.15) is 0 Å². The number of aromatic nitrogens is 2. The number of hydrogen-bond acceptors (Lipinski definition) is 4. The minimum atomic E-state index is -0.814. The fraction of sp³-hybridized carbons (Fsp3) is 0.471. The van der Waals surface area contributed by atoms with Gasteiger partial charge in [0.2, 0.25) is 0 Å². The van der Waals surface area contributed by atoms with Crippen molar-refractivity contribution in [3.63, 3.8) is 0 Å². The van der Waals surface area contributed by atoms with Crippen LogP contribution in [0.3, 0.4) is 0 Å². The number of carboxylic acids is 2. The first kappa shape index (κ1) is 29.9. The first-order chi connectivity index (χ1) is 20.0. The molecule has 2 aromatic heterocycles. The number of aliphatic carboxylic acids is 2. The van der Waals surface area contributed by atoms with Gasteiger partial charge in [0.1, 0.15) is 0 Å². The molecule has 0 aliphatic carbocycles. The average Bonchev–Trinajstić information content (AvgIpc) is 3.59. The molecule has 4 unspecified atom stereocenters. The molecule has 3 aliphatic rings. The van der Waals surface area contributed by atoms with Crippen molar-refractivity contribution in [1.82, 2.24) is 20.6 Å². The van der Waals surface area contributed by atoms with E-state index in [0.717, 1.165) is 52.9 Å². The highest BCUT2D eigenvalue weighted by molar-refractivity contribution is 5.68. The van der Waals surface area contributed by atoms with Crippen molar-refractivity contribution in [1.29, 1.82) is 0 Å². The Morgan fingerprint density at radius 2 is 1.26 bits per heavy atom. The van der Waals surface area contributed by atoms with E-state index in [9.17, 15) is 19.8 Å². The summed E-state index contributed by atoms with van der Waals surface area (Å²) in [6.45, 7) is 16.8. The summed E-state index contributed by atoms with van der Waals surface area (Å²) in [7, 11) is 0. The zero-order valence-corrected chi connectivity index (χ0v) is 25.2. The second kappa shape index (κ2) is 11.9. The highest BCUT2D eigenvalue weighted by atomic mass is 16.4. The summed E-state index contributed by atoms with van der Waals surface area (Å²) in [5.41, 5.74) is 13.9. The highest BCUT2D eigenvalue weighted by Crippen LogP contribution is 2.35. The van der Waals surface area contributed by atoms with Gasteiger partial charge in [0, 0.05) is 85.5 Å². The van der Waals surface area contributed by atoms with E-state index in [-0.39, 0.29) is 37.0 Å². The minimum Gasteiger partial charge on any atom is -0.481 e. The Hall–Kier alpha value is -3.62. The van der Waals surface area contributed by atoms with E-state index in [1.807, 2.05) is 12.2 Å². The Morgan fingerprint density at radius 1 is 0.714 bits per heavy atom. The van der Waals surface area contributed by atoms with E-state index in [2.05, 4.69) is 61.5 Å². The number of H-pyrrole nitrogens is 2. The van der Waals surface area contributed by atoms with Gasteiger partial charge < -0.3 is 30.8 Å². The topological polar surface area (TPSA) is 130 Å². The molecule has 8 nitrogen and oxygen atoms in total. The van der Waals surface area contributed by atoms with E-state index in [0.29, 0.717) is 19.3 Å². The molecule has 5 rings (SSSR count). The summed E-state index contributed by atoms with van der Waals surface area (Å²) in [6.07, 6.45) is 7.96. The molecule has 0 amide bonds. The van der Waals surface area contributed by atoms with Gasteiger partial charge in [-0.15, -0.1) is 0 Å². The monoisotopic (exact) mass is 572 g/mol. The van der Waals surface area contributed by atoms with Gasteiger partial charge >= 0.3 is 11.9 Å². The third kappa shape index (κ3) is 5.57. The zero-order valence-electron chi connectivity index (χ0n) is 25.2. The van der Waals surface area contributed by atoms with Gasteiger partial charge in [-0.1, -0.05) is 42.0 Å². The average molecular weight is 573 g/mol. The Bertz CT molecular complexity index is 1500. The molecule has 0 saturated carbocycles. The van der Waals surface area contributed by atoms with Crippen LogP contribution in [0.1, 0.15) is 78.1 Å². The van der Waals surface area contributed by atoms with Gasteiger partial charge in [0.05, 0.1) is 0 Å². The predicted octanol–water partition coefficient (Wildman–Crippen LogP) is 4.87. The second-order valence-electron chi connectivity index (χ2n) is 12.2. The second-order valence-corrected chi connectivity index (χ2v) is 12.2. The summed E-state index contributed by atoms with van der Waals surface area (Å²) >= 11 is 0. The van der Waals surface area contributed by atoms with Crippen molar-refractivity contribution < 1.29 is 19.8 Å². The lowest BCUT2D eigenvalue weighted by atomic mass is 9.93. The summed E-state index contributed by atoms with van der Waals surface area (Å²) in [6, 6.07) is 0.267. The number of carboxylic acid groups (broad SMARTS) is 2. The van der Waals surface area contributed by atoms with Crippen LogP contribution in [0.4, 0.5) is 0 Å². The fourth-order valence-corrected chi connectivity index (χ4v) is 7.49. The predicted molar refractivity (Wildman–Crippen MR) is 166 cm³/mol. The molecule has 0 radical (unpaired) electrons. The summed E-state index contributed by atoms with van der Waals surface area (Å²) in [5, 5.41) is 26.7. The maximum absolute atomic E-state index is 11.6. The van der Waals surface area contributed by atoms with Gasteiger partial charge in [-0.05, 0) is 68.4 Å². The highest BCUT2D eigenvalue weighted by Gasteiger charge is 2.35. The molecule has 6 N–H and O–H groups in total. The summed E-state index contributed by atoms with van der Waals surface area (Å²) < 4.78 is 0. The van der Waals surface area contributed by atoms with Crippen LogP contribution in [0.15, 0.2) is 41.5 Å². The first-order valence-electron chi connectivity index (χ1n) is 15.0. The van der Waals surface area contributed by atoms with Crippen molar-refractivity contribution >= 4 is 18.0 Å². The van der Waals surface area contributed by atoms with Crippen LogP contribution >= 0.6 is 0 Å². The van der Waals surface area contributed by atoms with Crippen LogP contribution in [0, 0.1) is 13.8 Å².